The fourth-order valence-electron chi connectivity index (χ4n) is 3.82. The molecule has 30 heavy (non-hydrogen) atoms. The maximum absolute atomic E-state index is 13.0. The Bertz CT molecular complexity index is 984. The number of rotatable bonds is 4. The van der Waals surface area contributed by atoms with Gasteiger partial charge in [-0.25, -0.2) is 0 Å². The minimum Gasteiger partial charge on any atom is -0.353 e. The molecule has 0 aliphatic carbocycles. The summed E-state index contributed by atoms with van der Waals surface area (Å²) in [5.74, 6) is -2.55. The molecule has 2 heterocycles. The van der Waals surface area contributed by atoms with Crippen molar-refractivity contribution in [3.63, 3.8) is 0 Å². The predicted octanol–water partition coefficient (Wildman–Crippen LogP) is 1.78. The van der Waals surface area contributed by atoms with Crippen LogP contribution in [0.4, 0.5) is 11.4 Å². The van der Waals surface area contributed by atoms with E-state index >= 15 is 0 Å². The Morgan fingerprint density at radius 1 is 1.07 bits per heavy atom. The Hall–Kier alpha value is -3.10. The first-order valence-corrected chi connectivity index (χ1v) is 10.0. The van der Waals surface area contributed by atoms with Crippen LogP contribution in [-0.2, 0) is 14.4 Å². The molecule has 0 bridgehead atoms. The molecule has 0 aromatic heterocycles. The smallest absolute Gasteiger partial charge is 0.229 e. The van der Waals surface area contributed by atoms with E-state index in [1.165, 1.54) is 0 Å². The number of anilines is 2. The molecule has 156 valence electrons. The standard InChI is InChI=1S/C21H22ClN5O3/c1-11-14(22)8-5-9-15(11)24-19(29)13-10-16(28)25-18-17(13)20(30)27-21(26-18)23-12-6-3-2-4-7-12/h2-9,13,17-18,21,23,26H,10H2,1H3,(H,24,29)(H,25,28)(H,27,30). The van der Waals surface area contributed by atoms with E-state index in [-0.39, 0.29) is 18.2 Å². The van der Waals surface area contributed by atoms with Gasteiger partial charge >= 0.3 is 0 Å². The summed E-state index contributed by atoms with van der Waals surface area (Å²) in [6.45, 7) is 1.79. The lowest BCUT2D eigenvalue weighted by atomic mass is 9.81. The second-order valence-corrected chi connectivity index (χ2v) is 7.81. The summed E-state index contributed by atoms with van der Waals surface area (Å²) in [6, 6.07) is 14.6. The number of hydrogen-bond acceptors (Lipinski definition) is 5. The molecule has 3 amide bonds. The van der Waals surface area contributed by atoms with E-state index < -0.39 is 30.2 Å². The summed E-state index contributed by atoms with van der Waals surface area (Å²) in [5, 5.41) is 15.3. The first kappa shape index (κ1) is 20.2. The average Bonchev–Trinajstić information content (AvgIpc) is 2.71. The molecule has 0 spiro atoms. The molecule has 4 rings (SSSR count). The quantitative estimate of drug-likeness (QED) is 0.510. The lowest BCUT2D eigenvalue weighted by Gasteiger charge is -2.43. The van der Waals surface area contributed by atoms with Crippen LogP contribution in [0.15, 0.2) is 48.5 Å². The minimum absolute atomic E-state index is 0.0709. The van der Waals surface area contributed by atoms with E-state index in [9.17, 15) is 14.4 Å². The molecule has 0 radical (unpaired) electrons. The van der Waals surface area contributed by atoms with Crippen molar-refractivity contribution in [2.24, 2.45) is 11.8 Å². The number of carbonyl (C=O) groups excluding carboxylic acids is 3. The van der Waals surface area contributed by atoms with Crippen LogP contribution in [0, 0.1) is 18.8 Å². The lowest BCUT2D eigenvalue weighted by molar-refractivity contribution is -0.144. The summed E-state index contributed by atoms with van der Waals surface area (Å²) in [5.41, 5.74) is 2.09. The number of nitrogens with one attached hydrogen (secondary N) is 5. The van der Waals surface area contributed by atoms with Gasteiger partial charge in [-0.3, -0.25) is 19.7 Å². The summed E-state index contributed by atoms with van der Waals surface area (Å²) < 4.78 is 0. The molecule has 4 atom stereocenters. The molecule has 8 nitrogen and oxygen atoms in total. The molecule has 2 aliphatic rings. The molecule has 2 aromatic carbocycles. The highest BCUT2D eigenvalue weighted by Gasteiger charge is 2.48. The number of fused-ring (bicyclic) bond motifs is 1. The van der Waals surface area contributed by atoms with Gasteiger partial charge in [-0.2, -0.15) is 0 Å². The highest BCUT2D eigenvalue weighted by Crippen LogP contribution is 2.29. The zero-order chi connectivity index (χ0) is 21.3. The van der Waals surface area contributed by atoms with E-state index in [2.05, 4.69) is 26.6 Å². The molecule has 2 saturated heterocycles. The Balaban J connectivity index is 1.50. The van der Waals surface area contributed by atoms with Crippen LogP contribution >= 0.6 is 11.6 Å². The molecular weight excluding hydrogens is 406 g/mol. The van der Waals surface area contributed by atoms with Crippen LogP contribution in [-0.4, -0.2) is 30.2 Å². The monoisotopic (exact) mass is 427 g/mol. The SMILES string of the molecule is Cc1c(Cl)cccc1NC(=O)C1CC(=O)NC2NC(Nc3ccccc3)NC(=O)C21. The highest BCUT2D eigenvalue weighted by atomic mass is 35.5. The van der Waals surface area contributed by atoms with Crippen molar-refractivity contribution >= 4 is 40.7 Å². The van der Waals surface area contributed by atoms with Gasteiger partial charge in [0.05, 0.1) is 18.0 Å². The zero-order valence-corrected chi connectivity index (χ0v) is 17.0. The fraction of sp³-hybridized carbons (Fsp3) is 0.286. The molecule has 9 heteroatoms. The van der Waals surface area contributed by atoms with Crippen molar-refractivity contribution in [3.8, 4) is 0 Å². The van der Waals surface area contributed by atoms with Crippen molar-refractivity contribution in [2.45, 2.75) is 25.8 Å². The third kappa shape index (κ3) is 4.10. The number of para-hydroxylation sites is 1. The molecular formula is C21H22ClN5O3. The normalized spacial score (nSPS) is 25.5. The van der Waals surface area contributed by atoms with E-state index in [1.807, 2.05) is 30.3 Å². The lowest BCUT2D eigenvalue weighted by Crippen LogP contribution is -2.72. The topological polar surface area (TPSA) is 111 Å². The number of benzene rings is 2. The third-order valence-corrected chi connectivity index (χ3v) is 5.81. The van der Waals surface area contributed by atoms with E-state index in [4.69, 9.17) is 11.6 Å². The van der Waals surface area contributed by atoms with Gasteiger partial charge in [0.1, 0.15) is 0 Å². The molecule has 5 N–H and O–H groups in total. The van der Waals surface area contributed by atoms with E-state index in [0.717, 1.165) is 11.3 Å². The summed E-state index contributed by atoms with van der Waals surface area (Å²) >= 11 is 6.13. The van der Waals surface area contributed by atoms with Gasteiger partial charge in [-0.15, -0.1) is 0 Å². The van der Waals surface area contributed by atoms with Crippen LogP contribution < -0.4 is 26.6 Å². The van der Waals surface area contributed by atoms with Crippen LogP contribution in [0.1, 0.15) is 12.0 Å². The molecule has 4 unspecified atom stereocenters. The van der Waals surface area contributed by atoms with Crippen molar-refractivity contribution < 1.29 is 14.4 Å². The first-order valence-electron chi connectivity index (χ1n) is 9.66. The minimum atomic E-state index is -0.813. The van der Waals surface area contributed by atoms with Gasteiger partial charge in [0.15, 0.2) is 6.29 Å². The van der Waals surface area contributed by atoms with Gasteiger partial charge in [-0.05, 0) is 36.8 Å². The summed E-state index contributed by atoms with van der Waals surface area (Å²) in [4.78, 5) is 38.1. The van der Waals surface area contributed by atoms with Crippen LogP contribution in [0.2, 0.25) is 5.02 Å². The largest absolute Gasteiger partial charge is 0.353 e. The molecule has 2 fully saturated rings. The van der Waals surface area contributed by atoms with Crippen molar-refractivity contribution in [1.29, 1.82) is 0 Å². The van der Waals surface area contributed by atoms with Crippen molar-refractivity contribution in [1.82, 2.24) is 16.0 Å². The molecule has 2 aromatic rings. The second-order valence-electron chi connectivity index (χ2n) is 7.40. The predicted molar refractivity (Wildman–Crippen MR) is 113 cm³/mol. The number of hydrogen-bond donors (Lipinski definition) is 5. The van der Waals surface area contributed by atoms with Gasteiger partial charge in [0, 0.05) is 22.8 Å². The van der Waals surface area contributed by atoms with Gasteiger partial charge in [0.2, 0.25) is 17.7 Å². The number of amides is 3. The Kier molecular flexibility index (Phi) is 5.61. The van der Waals surface area contributed by atoms with Crippen molar-refractivity contribution in [2.75, 3.05) is 10.6 Å². The Morgan fingerprint density at radius 3 is 2.60 bits per heavy atom. The Labute approximate surface area is 178 Å². The van der Waals surface area contributed by atoms with Crippen LogP contribution in [0.3, 0.4) is 0 Å². The zero-order valence-electron chi connectivity index (χ0n) is 16.2. The average molecular weight is 428 g/mol. The fourth-order valence-corrected chi connectivity index (χ4v) is 4.00. The Morgan fingerprint density at radius 2 is 1.83 bits per heavy atom. The maximum atomic E-state index is 13.0. The number of carbonyl (C=O) groups is 3. The van der Waals surface area contributed by atoms with E-state index in [0.29, 0.717) is 10.7 Å². The highest BCUT2D eigenvalue weighted by molar-refractivity contribution is 6.31. The summed E-state index contributed by atoms with van der Waals surface area (Å²) in [7, 11) is 0. The second kappa shape index (κ2) is 8.33. The molecule has 0 saturated carbocycles. The number of piperidine rings is 1. The van der Waals surface area contributed by atoms with E-state index in [1.54, 1.807) is 25.1 Å². The van der Waals surface area contributed by atoms with Crippen LogP contribution in [0.5, 0.6) is 0 Å². The van der Waals surface area contributed by atoms with Crippen LogP contribution in [0.25, 0.3) is 0 Å². The van der Waals surface area contributed by atoms with Crippen molar-refractivity contribution in [3.05, 3.63) is 59.1 Å². The third-order valence-electron chi connectivity index (χ3n) is 5.40. The molecule has 2 aliphatic heterocycles. The van der Waals surface area contributed by atoms with Gasteiger partial charge in [0.25, 0.3) is 0 Å². The maximum Gasteiger partial charge on any atom is 0.229 e. The number of halogens is 1. The first-order chi connectivity index (χ1) is 14.4. The summed E-state index contributed by atoms with van der Waals surface area (Å²) in [6.07, 6.45) is -1.32. The van der Waals surface area contributed by atoms with Gasteiger partial charge in [-0.1, -0.05) is 35.9 Å². The van der Waals surface area contributed by atoms with Gasteiger partial charge < -0.3 is 21.3 Å².